The lowest BCUT2D eigenvalue weighted by Gasteiger charge is -2.58. The average Bonchev–Trinajstić information content (AvgIpc) is 3.08. The fourth-order valence-corrected chi connectivity index (χ4v) is 8.53. The van der Waals surface area contributed by atoms with Crippen molar-refractivity contribution < 1.29 is 4.79 Å². The van der Waals surface area contributed by atoms with Crippen LogP contribution in [0.4, 0.5) is 0 Å². The van der Waals surface area contributed by atoms with Crippen molar-refractivity contribution in [1.29, 1.82) is 0 Å². The van der Waals surface area contributed by atoms with E-state index in [1.807, 2.05) is 13.8 Å². The second-order valence-corrected chi connectivity index (χ2v) is 12.1. The van der Waals surface area contributed by atoms with Gasteiger partial charge >= 0.3 is 0 Å². The van der Waals surface area contributed by atoms with Crippen molar-refractivity contribution in [3.63, 3.8) is 0 Å². The van der Waals surface area contributed by atoms with Crippen molar-refractivity contribution >= 4 is 5.78 Å². The Labute approximate surface area is 193 Å². The highest BCUT2D eigenvalue weighted by molar-refractivity contribution is 5.94. The number of hydrogen-bond acceptors (Lipinski definition) is 2. The third-order valence-electron chi connectivity index (χ3n) is 10.1. The standard InChI is InChI=1S/C27H45NO.C2H6/c1-18(2)9-7-10-19(3)20-11-12-21-25-22(13-15-26(20,21)4)27(5)14-8-16-28(6)24(27)17-23(25)29;1-2/h17-22,25H,7-16H2,1-6H3;1-2H3/t19?,20?,21?,22?,25?,26-,27-;/m1./s1. The minimum Gasteiger partial charge on any atom is -0.377 e. The van der Waals surface area contributed by atoms with Crippen molar-refractivity contribution in [2.75, 3.05) is 13.6 Å². The average molecular weight is 430 g/mol. The first-order valence-corrected chi connectivity index (χ1v) is 13.7. The van der Waals surface area contributed by atoms with Crippen LogP contribution in [0.3, 0.4) is 0 Å². The molecule has 31 heavy (non-hydrogen) atoms. The first-order valence-electron chi connectivity index (χ1n) is 13.7. The smallest absolute Gasteiger partial charge is 0.161 e. The Hall–Kier alpha value is -0.790. The predicted octanol–water partition coefficient (Wildman–Crippen LogP) is 7.73. The Morgan fingerprint density at radius 3 is 2.42 bits per heavy atom. The van der Waals surface area contributed by atoms with Gasteiger partial charge < -0.3 is 4.90 Å². The highest BCUT2D eigenvalue weighted by Gasteiger charge is 2.61. The molecule has 2 nitrogen and oxygen atoms in total. The van der Waals surface area contributed by atoms with Crippen LogP contribution in [0.2, 0.25) is 0 Å². The summed E-state index contributed by atoms with van der Waals surface area (Å²) in [5.41, 5.74) is 1.97. The van der Waals surface area contributed by atoms with Gasteiger partial charge in [0.2, 0.25) is 0 Å². The van der Waals surface area contributed by atoms with E-state index in [0.717, 1.165) is 24.3 Å². The number of likely N-dealkylation sites (tertiary alicyclic amines) is 1. The van der Waals surface area contributed by atoms with E-state index in [1.54, 1.807) is 0 Å². The van der Waals surface area contributed by atoms with Crippen LogP contribution in [-0.2, 0) is 4.79 Å². The zero-order chi connectivity index (χ0) is 23.0. The fourth-order valence-electron chi connectivity index (χ4n) is 8.53. The van der Waals surface area contributed by atoms with E-state index >= 15 is 0 Å². The molecule has 1 aliphatic heterocycles. The Morgan fingerprint density at radius 2 is 1.74 bits per heavy atom. The largest absolute Gasteiger partial charge is 0.377 e. The molecule has 0 spiro atoms. The minimum absolute atomic E-state index is 0.230. The van der Waals surface area contributed by atoms with Crippen LogP contribution >= 0.6 is 0 Å². The maximum absolute atomic E-state index is 13.5. The molecule has 0 aromatic rings. The summed E-state index contributed by atoms with van der Waals surface area (Å²) in [6.45, 7) is 17.4. The van der Waals surface area contributed by atoms with Crippen LogP contribution in [0.5, 0.6) is 0 Å². The Kier molecular flexibility index (Phi) is 7.69. The Balaban J connectivity index is 0.00000132. The van der Waals surface area contributed by atoms with E-state index in [2.05, 4.69) is 52.6 Å². The first-order chi connectivity index (χ1) is 14.7. The quantitative estimate of drug-likeness (QED) is 0.445. The molecule has 0 radical (unpaired) electrons. The van der Waals surface area contributed by atoms with Gasteiger partial charge in [0, 0.05) is 36.7 Å². The lowest BCUT2D eigenvalue weighted by Crippen LogP contribution is -2.55. The van der Waals surface area contributed by atoms with Crippen LogP contribution in [0.1, 0.15) is 106 Å². The number of ketones is 1. The molecule has 2 heteroatoms. The zero-order valence-electron chi connectivity index (χ0n) is 22.0. The summed E-state index contributed by atoms with van der Waals surface area (Å²) in [4.78, 5) is 15.9. The summed E-state index contributed by atoms with van der Waals surface area (Å²) in [6.07, 6.45) is 14.0. The van der Waals surface area contributed by atoms with Gasteiger partial charge in [0.05, 0.1) is 0 Å². The van der Waals surface area contributed by atoms with Crippen LogP contribution < -0.4 is 0 Å². The van der Waals surface area contributed by atoms with Crippen LogP contribution in [0.25, 0.3) is 0 Å². The minimum atomic E-state index is 0.230. The molecule has 0 N–H and O–H groups in total. The van der Waals surface area contributed by atoms with Crippen molar-refractivity contribution in [1.82, 2.24) is 4.90 Å². The molecule has 2 saturated carbocycles. The molecule has 5 unspecified atom stereocenters. The highest BCUT2D eigenvalue weighted by Crippen LogP contribution is 2.66. The molecule has 4 aliphatic rings. The van der Waals surface area contributed by atoms with Crippen LogP contribution in [0, 0.1) is 46.3 Å². The van der Waals surface area contributed by atoms with Crippen LogP contribution in [-0.4, -0.2) is 24.3 Å². The number of nitrogens with zero attached hydrogens (tertiary/aromatic N) is 1. The van der Waals surface area contributed by atoms with E-state index in [9.17, 15) is 4.79 Å². The SMILES string of the molecule is CC.CC(C)CCCC(C)C1CCC2C3C(=O)C=C4N(C)CCC[C@]4(C)C3CC[C@]12C. The summed E-state index contributed by atoms with van der Waals surface area (Å²) in [7, 11) is 2.20. The van der Waals surface area contributed by atoms with Crippen molar-refractivity contribution in [3.05, 3.63) is 11.8 Å². The van der Waals surface area contributed by atoms with Gasteiger partial charge in [-0.2, -0.15) is 0 Å². The van der Waals surface area contributed by atoms with Gasteiger partial charge in [-0.15, -0.1) is 0 Å². The maximum atomic E-state index is 13.5. The van der Waals surface area contributed by atoms with Crippen molar-refractivity contribution in [2.45, 2.75) is 106 Å². The summed E-state index contributed by atoms with van der Waals surface area (Å²) in [6, 6.07) is 0. The monoisotopic (exact) mass is 429 g/mol. The van der Waals surface area contributed by atoms with Gasteiger partial charge in [-0.05, 0) is 73.5 Å². The second kappa shape index (κ2) is 9.60. The van der Waals surface area contributed by atoms with E-state index in [-0.39, 0.29) is 5.41 Å². The van der Waals surface area contributed by atoms with Gasteiger partial charge in [0.1, 0.15) is 0 Å². The lowest BCUT2D eigenvalue weighted by atomic mass is 9.48. The molecule has 3 aliphatic carbocycles. The van der Waals surface area contributed by atoms with E-state index in [4.69, 9.17) is 0 Å². The first kappa shape index (κ1) is 24.8. The number of carbonyl (C=O) groups excluding carboxylic acids is 1. The highest BCUT2D eigenvalue weighted by atomic mass is 16.1. The molecule has 4 rings (SSSR count). The Morgan fingerprint density at radius 1 is 1.03 bits per heavy atom. The molecular formula is C29H51NO. The predicted molar refractivity (Wildman–Crippen MR) is 133 cm³/mol. The maximum Gasteiger partial charge on any atom is 0.161 e. The summed E-state index contributed by atoms with van der Waals surface area (Å²) < 4.78 is 0. The summed E-state index contributed by atoms with van der Waals surface area (Å²) in [5.74, 6) is 4.41. The van der Waals surface area contributed by atoms with Gasteiger partial charge in [0.15, 0.2) is 5.78 Å². The van der Waals surface area contributed by atoms with Crippen molar-refractivity contribution in [2.24, 2.45) is 46.3 Å². The Bertz CT molecular complexity index is 666. The molecule has 0 aromatic carbocycles. The summed E-state index contributed by atoms with van der Waals surface area (Å²) in [5, 5.41) is 0. The zero-order valence-corrected chi connectivity index (χ0v) is 22.0. The number of fused-ring (bicyclic) bond motifs is 5. The molecule has 1 saturated heterocycles. The molecule has 0 bridgehead atoms. The molecule has 178 valence electrons. The summed E-state index contributed by atoms with van der Waals surface area (Å²) >= 11 is 0. The van der Waals surface area contributed by atoms with Crippen LogP contribution in [0.15, 0.2) is 11.8 Å². The van der Waals surface area contributed by atoms with E-state index < -0.39 is 0 Å². The molecular weight excluding hydrogens is 378 g/mol. The number of allylic oxidation sites excluding steroid dienone is 2. The number of carbonyl (C=O) groups is 1. The van der Waals surface area contributed by atoms with Gasteiger partial charge in [-0.3, -0.25) is 4.79 Å². The van der Waals surface area contributed by atoms with Crippen molar-refractivity contribution in [3.8, 4) is 0 Å². The second-order valence-electron chi connectivity index (χ2n) is 12.1. The topological polar surface area (TPSA) is 20.3 Å². The van der Waals surface area contributed by atoms with Gasteiger partial charge in [0.25, 0.3) is 0 Å². The number of piperidine rings is 1. The van der Waals surface area contributed by atoms with Gasteiger partial charge in [-0.1, -0.05) is 67.7 Å². The molecule has 0 amide bonds. The normalized spacial score (nSPS) is 40.4. The lowest BCUT2D eigenvalue weighted by molar-refractivity contribution is -0.135. The fraction of sp³-hybridized carbons (Fsp3) is 0.897. The molecule has 0 aromatic heterocycles. The number of rotatable bonds is 5. The van der Waals surface area contributed by atoms with E-state index in [0.29, 0.717) is 29.0 Å². The third-order valence-corrected chi connectivity index (χ3v) is 10.1. The molecule has 1 heterocycles. The van der Waals surface area contributed by atoms with E-state index in [1.165, 1.54) is 63.5 Å². The third kappa shape index (κ3) is 4.26. The van der Waals surface area contributed by atoms with Gasteiger partial charge in [-0.25, -0.2) is 0 Å². The molecule has 7 atom stereocenters. The number of hydrogen-bond donors (Lipinski definition) is 0. The molecule has 3 fully saturated rings.